The molecule has 34 heavy (non-hydrogen) atoms. The average Bonchev–Trinajstić information content (AvgIpc) is 3.50. The molecule has 0 aliphatic carbocycles. The van der Waals surface area contributed by atoms with Crippen molar-refractivity contribution >= 4 is 34.3 Å². The van der Waals surface area contributed by atoms with Crippen molar-refractivity contribution in [2.45, 2.75) is 19.9 Å². The number of carbonyl (C=O) groups is 2. The Morgan fingerprint density at radius 2 is 1.71 bits per heavy atom. The first-order valence-corrected chi connectivity index (χ1v) is 11.2. The molecule has 1 N–H and O–H groups in total. The van der Waals surface area contributed by atoms with Gasteiger partial charge in [0.15, 0.2) is 11.5 Å². The highest BCUT2D eigenvalue weighted by atomic mass is 16.3. The standard InChI is InChI=1S/C24H25N7O3/c1-16(23(33)25-21-19-10-6-7-11-20(19)34-22(21)17(2)32)29-12-14-30(15-13-29)24-26-27-28-31(24)18-8-4-3-5-9-18/h3-11,16H,12-15H2,1-2H3,(H,25,33). The molecule has 1 amide bonds. The summed E-state index contributed by atoms with van der Waals surface area (Å²) in [6.45, 7) is 5.99. The third-order valence-electron chi connectivity index (χ3n) is 6.14. The van der Waals surface area contributed by atoms with Crippen LogP contribution in [0.2, 0.25) is 0 Å². The summed E-state index contributed by atoms with van der Waals surface area (Å²) in [5.74, 6) is 0.429. The average molecular weight is 460 g/mol. The number of benzene rings is 2. The fraction of sp³-hybridized carbons (Fsp3) is 0.292. The molecule has 2 aromatic heterocycles. The molecular weight excluding hydrogens is 434 g/mol. The monoisotopic (exact) mass is 459 g/mol. The van der Waals surface area contributed by atoms with Crippen LogP contribution < -0.4 is 10.2 Å². The number of hydrogen-bond donors (Lipinski definition) is 1. The number of tetrazole rings is 1. The maximum atomic E-state index is 13.1. The number of anilines is 2. The van der Waals surface area contributed by atoms with Crippen LogP contribution in [0.25, 0.3) is 16.7 Å². The number of ketones is 1. The molecular formula is C24H25N7O3. The van der Waals surface area contributed by atoms with Crippen molar-refractivity contribution in [1.29, 1.82) is 0 Å². The highest BCUT2D eigenvalue weighted by Gasteiger charge is 2.29. The van der Waals surface area contributed by atoms with Gasteiger partial charge in [-0.15, -0.1) is 0 Å². The van der Waals surface area contributed by atoms with E-state index in [9.17, 15) is 9.59 Å². The molecule has 1 atom stereocenters. The second-order valence-electron chi connectivity index (χ2n) is 8.27. The zero-order valence-corrected chi connectivity index (χ0v) is 19.0. The van der Waals surface area contributed by atoms with Gasteiger partial charge < -0.3 is 14.6 Å². The van der Waals surface area contributed by atoms with Crippen molar-refractivity contribution in [2.24, 2.45) is 0 Å². The largest absolute Gasteiger partial charge is 0.451 e. The van der Waals surface area contributed by atoms with Gasteiger partial charge in [0, 0.05) is 38.5 Å². The van der Waals surface area contributed by atoms with E-state index in [2.05, 4.69) is 30.6 Å². The van der Waals surface area contributed by atoms with Gasteiger partial charge in [-0.05, 0) is 41.6 Å². The molecule has 0 saturated carbocycles. The number of rotatable bonds is 6. The van der Waals surface area contributed by atoms with E-state index in [0.717, 1.165) is 5.69 Å². The zero-order chi connectivity index (χ0) is 23.7. The number of furan rings is 1. The van der Waals surface area contributed by atoms with Crippen LogP contribution in [0.1, 0.15) is 24.4 Å². The van der Waals surface area contributed by atoms with E-state index in [0.29, 0.717) is 48.8 Å². The summed E-state index contributed by atoms with van der Waals surface area (Å²) < 4.78 is 7.41. The van der Waals surface area contributed by atoms with Crippen LogP contribution >= 0.6 is 0 Å². The highest BCUT2D eigenvalue weighted by Crippen LogP contribution is 2.31. The minimum Gasteiger partial charge on any atom is -0.451 e. The molecule has 1 fully saturated rings. The van der Waals surface area contributed by atoms with Crippen LogP contribution in [0, 0.1) is 0 Å². The predicted molar refractivity (Wildman–Crippen MR) is 127 cm³/mol. The van der Waals surface area contributed by atoms with Gasteiger partial charge in [0.2, 0.25) is 11.9 Å². The van der Waals surface area contributed by atoms with E-state index < -0.39 is 0 Å². The molecule has 0 bridgehead atoms. The Balaban J connectivity index is 1.27. The first kappa shape index (κ1) is 21.8. The Hall–Kier alpha value is -4.05. The third kappa shape index (κ3) is 4.03. The molecule has 3 heterocycles. The molecule has 1 saturated heterocycles. The maximum Gasteiger partial charge on any atom is 0.250 e. The molecule has 5 rings (SSSR count). The van der Waals surface area contributed by atoms with Crippen LogP contribution in [0.4, 0.5) is 11.6 Å². The number of Topliss-reactive ketones (excluding diaryl/α,β-unsaturated/α-hetero) is 1. The summed E-state index contributed by atoms with van der Waals surface area (Å²) in [4.78, 5) is 29.4. The molecule has 0 radical (unpaired) electrons. The summed E-state index contributed by atoms with van der Waals surface area (Å²) in [6, 6.07) is 16.7. The highest BCUT2D eigenvalue weighted by molar-refractivity contribution is 6.11. The number of nitrogens with zero attached hydrogens (tertiary/aromatic N) is 6. The van der Waals surface area contributed by atoms with E-state index >= 15 is 0 Å². The first-order valence-electron chi connectivity index (χ1n) is 11.2. The van der Waals surface area contributed by atoms with Crippen molar-refractivity contribution in [1.82, 2.24) is 25.1 Å². The van der Waals surface area contributed by atoms with Gasteiger partial charge in [0.1, 0.15) is 5.58 Å². The van der Waals surface area contributed by atoms with Crippen LogP contribution in [0.3, 0.4) is 0 Å². The number of aromatic nitrogens is 4. The molecule has 4 aromatic rings. The number of fused-ring (bicyclic) bond motifs is 1. The second kappa shape index (κ2) is 9.06. The molecule has 0 spiro atoms. The summed E-state index contributed by atoms with van der Waals surface area (Å²) in [7, 11) is 0. The lowest BCUT2D eigenvalue weighted by Crippen LogP contribution is -2.53. The van der Waals surface area contributed by atoms with Crippen molar-refractivity contribution < 1.29 is 14.0 Å². The predicted octanol–water partition coefficient (Wildman–Crippen LogP) is 2.76. The van der Waals surface area contributed by atoms with Crippen LogP contribution in [0.15, 0.2) is 59.0 Å². The van der Waals surface area contributed by atoms with Crippen molar-refractivity contribution in [3.8, 4) is 5.69 Å². The van der Waals surface area contributed by atoms with Gasteiger partial charge in [-0.1, -0.05) is 35.4 Å². The fourth-order valence-electron chi connectivity index (χ4n) is 4.24. The summed E-state index contributed by atoms with van der Waals surface area (Å²) in [6.07, 6.45) is 0. The molecule has 10 nitrogen and oxygen atoms in total. The summed E-state index contributed by atoms with van der Waals surface area (Å²) >= 11 is 0. The Morgan fingerprint density at radius 1 is 1.00 bits per heavy atom. The Bertz CT molecular complexity index is 1320. The number of carbonyl (C=O) groups excluding carboxylic acids is 2. The maximum absolute atomic E-state index is 13.1. The zero-order valence-electron chi connectivity index (χ0n) is 19.0. The van der Waals surface area contributed by atoms with Crippen molar-refractivity contribution in [3.63, 3.8) is 0 Å². The van der Waals surface area contributed by atoms with E-state index in [-0.39, 0.29) is 23.5 Å². The quantitative estimate of drug-likeness (QED) is 0.439. The lowest BCUT2D eigenvalue weighted by atomic mass is 10.1. The molecule has 10 heteroatoms. The van der Waals surface area contributed by atoms with E-state index in [1.165, 1.54) is 6.92 Å². The van der Waals surface area contributed by atoms with Gasteiger partial charge in [0.05, 0.1) is 17.4 Å². The van der Waals surface area contributed by atoms with Gasteiger partial charge in [-0.3, -0.25) is 14.5 Å². The van der Waals surface area contributed by atoms with Crippen LogP contribution in [-0.4, -0.2) is 69.0 Å². The Kier molecular flexibility index (Phi) is 5.81. The van der Waals surface area contributed by atoms with Crippen molar-refractivity contribution in [2.75, 3.05) is 36.4 Å². The van der Waals surface area contributed by atoms with Crippen LogP contribution in [-0.2, 0) is 4.79 Å². The summed E-state index contributed by atoms with van der Waals surface area (Å²) in [5, 5.41) is 15.8. The number of nitrogens with one attached hydrogen (secondary N) is 1. The first-order chi connectivity index (χ1) is 16.5. The number of para-hydroxylation sites is 2. The van der Waals surface area contributed by atoms with Gasteiger partial charge in [-0.2, -0.15) is 4.68 Å². The third-order valence-corrected chi connectivity index (χ3v) is 6.14. The lowest BCUT2D eigenvalue weighted by Gasteiger charge is -2.37. The minimum absolute atomic E-state index is 0.166. The molecule has 1 aliphatic rings. The van der Waals surface area contributed by atoms with Gasteiger partial charge in [0.25, 0.3) is 0 Å². The Labute approximate surface area is 196 Å². The number of hydrogen-bond acceptors (Lipinski definition) is 8. The van der Waals surface area contributed by atoms with Gasteiger partial charge >= 0.3 is 0 Å². The number of amides is 1. The Morgan fingerprint density at radius 3 is 2.44 bits per heavy atom. The summed E-state index contributed by atoms with van der Waals surface area (Å²) in [5.41, 5.74) is 1.90. The van der Waals surface area contributed by atoms with Crippen molar-refractivity contribution in [3.05, 3.63) is 60.4 Å². The second-order valence-corrected chi connectivity index (χ2v) is 8.27. The topological polar surface area (TPSA) is 109 Å². The van der Waals surface area contributed by atoms with Gasteiger partial charge in [-0.25, -0.2) is 0 Å². The SMILES string of the molecule is CC(=O)c1oc2ccccc2c1NC(=O)C(C)N1CCN(c2nnnn2-c2ccccc2)CC1. The van der Waals surface area contributed by atoms with Crippen LogP contribution in [0.5, 0.6) is 0 Å². The molecule has 2 aromatic carbocycles. The molecule has 1 unspecified atom stereocenters. The molecule has 1 aliphatic heterocycles. The van der Waals surface area contributed by atoms with E-state index in [4.69, 9.17) is 4.42 Å². The smallest absolute Gasteiger partial charge is 0.250 e. The normalized spacial score (nSPS) is 15.4. The van der Waals surface area contributed by atoms with E-state index in [1.54, 1.807) is 10.7 Å². The van der Waals surface area contributed by atoms with E-state index in [1.807, 2.05) is 55.5 Å². The number of piperazine rings is 1. The molecule has 174 valence electrons. The fourth-order valence-corrected chi connectivity index (χ4v) is 4.24. The minimum atomic E-state index is -0.388. The lowest BCUT2D eigenvalue weighted by molar-refractivity contribution is -0.120.